The van der Waals surface area contributed by atoms with Crippen molar-refractivity contribution in [3.05, 3.63) is 77.3 Å². The van der Waals surface area contributed by atoms with E-state index in [0.29, 0.717) is 36.3 Å². The highest BCUT2D eigenvalue weighted by molar-refractivity contribution is 5.87. The van der Waals surface area contributed by atoms with Crippen LogP contribution < -0.4 is 0 Å². The van der Waals surface area contributed by atoms with Gasteiger partial charge in [-0.25, -0.2) is 9.98 Å². The second-order valence-corrected chi connectivity index (χ2v) is 7.13. The molecule has 2 aliphatic heterocycles. The van der Waals surface area contributed by atoms with Gasteiger partial charge in [0.05, 0.1) is 18.7 Å². The van der Waals surface area contributed by atoms with Gasteiger partial charge in [0.1, 0.15) is 12.2 Å². The molecule has 31 heavy (non-hydrogen) atoms. The highest BCUT2D eigenvalue weighted by Crippen LogP contribution is 2.34. The fourth-order valence-corrected chi connectivity index (χ4v) is 3.34. The van der Waals surface area contributed by atoms with Crippen LogP contribution in [-0.2, 0) is 6.18 Å². The number of aliphatic imine (C=N–C) groups is 3. The van der Waals surface area contributed by atoms with E-state index in [9.17, 15) is 13.2 Å². The Morgan fingerprint density at radius 1 is 1.23 bits per heavy atom. The van der Waals surface area contributed by atoms with E-state index in [1.54, 1.807) is 12.3 Å². The summed E-state index contributed by atoms with van der Waals surface area (Å²) in [4.78, 5) is 14.7. The van der Waals surface area contributed by atoms with Gasteiger partial charge in [-0.1, -0.05) is 37.8 Å². The van der Waals surface area contributed by atoms with Crippen molar-refractivity contribution < 1.29 is 13.2 Å². The first-order valence-electron chi connectivity index (χ1n) is 10.2. The average molecular weight is 426 g/mol. The molecular weight excluding hydrogens is 401 g/mol. The molecule has 0 saturated carbocycles. The predicted octanol–water partition coefficient (Wildman–Crippen LogP) is 6.06. The molecule has 2 heterocycles. The lowest BCUT2D eigenvalue weighted by Crippen LogP contribution is -2.26. The van der Waals surface area contributed by atoms with E-state index < -0.39 is 11.7 Å². The van der Waals surface area contributed by atoms with Crippen LogP contribution in [0.3, 0.4) is 0 Å². The number of halogens is 3. The summed E-state index contributed by atoms with van der Waals surface area (Å²) < 4.78 is 39.9. The molecule has 3 rings (SSSR count). The minimum absolute atomic E-state index is 0.439. The number of rotatable bonds is 7. The SMILES string of the molecule is C=C(/C(=C/CC)c1cccc(C(F)(F)F)c1)N(CC1=CCN=CN=C1)C1=CCCC=N1. The third-order valence-corrected chi connectivity index (χ3v) is 4.86. The molecule has 4 nitrogen and oxygen atoms in total. The van der Waals surface area contributed by atoms with Crippen LogP contribution in [0.4, 0.5) is 13.2 Å². The summed E-state index contributed by atoms with van der Waals surface area (Å²) in [7, 11) is 0. The Morgan fingerprint density at radius 2 is 2.06 bits per heavy atom. The molecule has 0 spiro atoms. The maximum Gasteiger partial charge on any atom is 0.416 e. The van der Waals surface area contributed by atoms with Gasteiger partial charge in [0.2, 0.25) is 0 Å². The molecule has 0 atom stereocenters. The molecular formula is C24H25F3N4. The minimum atomic E-state index is -4.41. The van der Waals surface area contributed by atoms with Gasteiger partial charge in [-0.05, 0) is 48.6 Å². The fourth-order valence-electron chi connectivity index (χ4n) is 3.34. The normalized spacial score (nSPS) is 16.6. The summed E-state index contributed by atoms with van der Waals surface area (Å²) in [6.07, 6.45) is 8.91. The van der Waals surface area contributed by atoms with Crippen molar-refractivity contribution in [2.45, 2.75) is 32.4 Å². The lowest BCUT2D eigenvalue weighted by atomic mass is 9.98. The van der Waals surface area contributed by atoms with E-state index in [2.05, 4.69) is 21.6 Å². The molecule has 0 aliphatic carbocycles. The largest absolute Gasteiger partial charge is 0.416 e. The van der Waals surface area contributed by atoms with E-state index in [1.165, 1.54) is 18.5 Å². The molecule has 0 radical (unpaired) electrons. The van der Waals surface area contributed by atoms with E-state index in [1.807, 2.05) is 36.3 Å². The molecule has 1 aromatic carbocycles. The van der Waals surface area contributed by atoms with Crippen LogP contribution in [0.15, 0.2) is 81.1 Å². The van der Waals surface area contributed by atoms with Crippen molar-refractivity contribution in [2.24, 2.45) is 15.0 Å². The van der Waals surface area contributed by atoms with Gasteiger partial charge in [0.25, 0.3) is 0 Å². The number of allylic oxidation sites excluding steroid dienone is 3. The van der Waals surface area contributed by atoms with Crippen molar-refractivity contribution in [2.75, 3.05) is 13.1 Å². The van der Waals surface area contributed by atoms with Crippen LogP contribution in [0.1, 0.15) is 37.3 Å². The Kier molecular flexibility index (Phi) is 7.39. The van der Waals surface area contributed by atoms with Crippen molar-refractivity contribution in [1.82, 2.24) is 4.90 Å². The van der Waals surface area contributed by atoms with Crippen molar-refractivity contribution in [3.8, 4) is 0 Å². The number of nitrogens with zero attached hydrogens (tertiary/aromatic N) is 4. The van der Waals surface area contributed by atoms with Crippen LogP contribution in [0.5, 0.6) is 0 Å². The maximum atomic E-state index is 13.3. The van der Waals surface area contributed by atoms with Crippen molar-refractivity contribution in [3.63, 3.8) is 0 Å². The fraction of sp³-hybridized carbons (Fsp3) is 0.292. The Morgan fingerprint density at radius 3 is 2.77 bits per heavy atom. The van der Waals surface area contributed by atoms with Gasteiger partial charge in [-0.15, -0.1) is 0 Å². The molecule has 0 unspecified atom stereocenters. The van der Waals surface area contributed by atoms with Gasteiger partial charge < -0.3 is 4.90 Å². The lowest BCUT2D eigenvalue weighted by molar-refractivity contribution is -0.137. The molecule has 0 bridgehead atoms. The second kappa shape index (κ2) is 10.2. The summed E-state index contributed by atoms with van der Waals surface area (Å²) in [6.45, 7) is 7.17. The molecule has 2 aliphatic rings. The van der Waals surface area contributed by atoms with Crippen LogP contribution in [0.25, 0.3) is 5.57 Å². The summed E-state index contributed by atoms with van der Waals surface area (Å²) >= 11 is 0. The maximum absolute atomic E-state index is 13.3. The Hall–Kier alpha value is -3.22. The van der Waals surface area contributed by atoms with Gasteiger partial charge >= 0.3 is 6.18 Å². The monoisotopic (exact) mass is 426 g/mol. The third kappa shape index (κ3) is 5.90. The first kappa shape index (κ1) is 22.5. The van der Waals surface area contributed by atoms with E-state index in [4.69, 9.17) is 0 Å². The van der Waals surface area contributed by atoms with Crippen molar-refractivity contribution >= 4 is 24.3 Å². The predicted molar refractivity (Wildman–Crippen MR) is 121 cm³/mol. The van der Waals surface area contributed by atoms with Crippen LogP contribution in [-0.4, -0.2) is 36.8 Å². The van der Waals surface area contributed by atoms with Crippen LogP contribution >= 0.6 is 0 Å². The molecule has 0 amide bonds. The first-order chi connectivity index (χ1) is 14.9. The third-order valence-electron chi connectivity index (χ3n) is 4.86. The number of alkyl halides is 3. The van der Waals surface area contributed by atoms with E-state index >= 15 is 0 Å². The Balaban J connectivity index is 1.99. The van der Waals surface area contributed by atoms with E-state index in [0.717, 1.165) is 30.3 Å². The highest BCUT2D eigenvalue weighted by Gasteiger charge is 2.31. The van der Waals surface area contributed by atoms with E-state index in [-0.39, 0.29) is 0 Å². The molecule has 162 valence electrons. The van der Waals surface area contributed by atoms with Crippen LogP contribution in [0, 0.1) is 0 Å². The molecule has 1 aromatic rings. The highest BCUT2D eigenvalue weighted by atomic mass is 19.4. The standard InChI is InChI=1S/C24H25F3N4/c1-3-7-22(20-8-6-9-21(14-20)24(25,26)27)18(2)31(23-10-4-5-12-30-23)16-19-11-13-28-17-29-15-19/h6-12,14-15,17H,2-5,13,16H2,1H3/b22-7-. The molecule has 7 heteroatoms. The zero-order chi connectivity index (χ0) is 22.3. The van der Waals surface area contributed by atoms with Gasteiger partial charge in [0, 0.05) is 23.7 Å². The number of benzene rings is 1. The number of hydrogen-bond acceptors (Lipinski definition) is 4. The summed E-state index contributed by atoms with van der Waals surface area (Å²) in [5, 5.41) is 0. The average Bonchev–Trinajstić information content (AvgIpc) is 3.04. The Labute approximate surface area is 180 Å². The molecule has 0 saturated heterocycles. The minimum Gasteiger partial charge on any atom is -0.322 e. The molecule has 0 aromatic heterocycles. The summed E-state index contributed by atoms with van der Waals surface area (Å²) in [6, 6.07) is 5.35. The number of hydrogen-bond donors (Lipinski definition) is 0. The zero-order valence-electron chi connectivity index (χ0n) is 17.4. The smallest absolute Gasteiger partial charge is 0.322 e. The quantitative estimate of drug-likeness (QED) is 0.489. The van der Waals surface area contributed by atoms with Crippen molar-refractivity contribution in [1.29, 1.82) is 0 Å². The summed E-state index contributed by atoms with van der Waals surface area (Å²) in [5.41, 5.74) is 1.96. The Bertz CT molecular complexity index is 994. The van der Waals surface area contributed by atoms with Crippen LogP contribution in [0.2, 0.25) is 0 Å². The topological polar surface area (TPSA) is 40.3 Å². The second-order valence-electron chi connectivity index (χ2n) is 7.13. The van der Waals surface area contributed by atoms with Gasteiger partial charge in [-0.3, -0.25) is 4.99 Å². The summed E-state index contributed by atoms with van der Waals surface area (Å²) in [5.74, 6) is 0.727. The van der Waals surface area contributed by atoms with Gasteiger partial charge in [-0.2, -0.15) is 13.2 Å². The van der Waals surface area contributed by atoms with Gasteiger partial charge in [0.15, 0.2) is 0 Å². The molecule has 0 N–H and O–H groups in total. The zero-order valence-corrected chi connectivity index (χ0v) is 17.4. The molecule has 0 fully saturated rings. The lowest BCUT2D eigenvalue weighted by Gasteiger charge is -2.30. The first-order valence-corrected chi connectivity index (χ1v) is 10.2.